The second-order valence-corrected chi connectivity index (χ2v) is 6.20. The lowest BCUT2D eigenvalue weighted by molar-refractivity contribution is -0.122. The maximum atomic E-state index is 12.2. The Labute approximate surface area is 160 Å². The first-order valence-electron chi connectivity index (χ1n) is 8.14. The summed E-state index contributed by atoms with van der Waals surface area (Å²) in [5, 5.41) is 7.16. The van der Waals surface area contributed by atoms with Crippen LogP contribution in [0.3, 0.4) is 0 Å². The lowest BCUT2D eigenvalue weighted by Crippen LogP contribution is -2.31. The van der Waals surface area contributed by atoms with E-state index in [2.05, 4.69) is 21.5 Å². The summed E-state index contributed by atoms with van der Waals surface area (Å²) >= 11 is 0. The van der Waals surface area contributed by atoms with Crippen LogP contribution in [0.25, 0.3) is 0 Å². The molecule has 0 radical (unpaired) electrons. The van der Waals surface area contributed by atoms with E-state index in [4.69, 9.17) is 5.73 Å². The Bertz CT molecular complexity index is 650. The van der Waals surface area contributed by atoms with Crippen molar-refractivity contribution in [3.05, 3.63) is 48.0 Å². The monoisotopic (exact) mass is 385 g/mol. The molecule has 0 aliphatic heterocycles. The Balaban J connectivity index is 0.00000156. The van der Waals surface area contributed by atoms with Gasteiger partial charge in [0.2, 0.25) is 5.91 Å². The second-order valence-electron chi connectivity index (χ2n) is 6.20. The number of aromatic nitrogens is 3. The summed E-state index contributed by atoms with van der Waals surface area (Å²) in [6.07, 6.45) is 6.99. The molecule has 2 aromatic rings. The molecular formula is C17H25Cl2N5O. The lowest BCUT2D eigenvalue weighted by atomic mass is 10.00. The van der Waals surface area contributed by atoms with Crippen LogP contribution in [0.1, 0.15) is 36.8 Å². The van der Waals surface area contributed by atoms with Crippen LogP contribution in [0, 0.1) is 5.92 Å². The number of nitrogens with one attached hydrogen (secondary N) is 1. The summed E-state index contributed by atoms with van der Waals surface area (Å²) in [5.74, 6) is 0.420. The minimum absolute atomic E-state index is 0. The Hall–Kier alpha value is -1.63. The summed E-state index contributed by atoms with van der Waals surface area (Å²) in [7, 11) is 0. The normalized spacial score (nSPS) is 18.9. The third kappa shape index (κ3) is 5.99. The Morgan fingerprint density at radius 2 is 2.00 bits per heavy atom. The molecule has 2 atom stereocenters. The van der Waals surface area contributed by atoms with Gasteiger partial charge in [0.1, 0.15) is 12.7 Å². The SMILES string of the molecule is Cl.Cl.N[C@@H]1CCC[C@H]1CC(=O)NCc1ccccc1Cn1cncn1. The smallest absolute Gasteiger partial charge is 0.220 e. The number of hydrogen-bond acceptors (Lipinski definition) is 4. The molecule has 1 heterocycles. The fraction of sp³-hybridized carbons (Fsp3) is 0.471. The third-order valence-electron chi connectivity index (χ3n) is 4.56. The van der Waals surface area contributed by atoms with Gasteiger partial charge < -0.3 is 11.1 Å². The number of amides is 1. The Kier molecular flexibility index (Phi) is 8.89. The zero-order valence-corrected chi connectivity index (χ0v) is 15.6. The fourth-order valence-corrected chi connectivity index (χ4v) is 3.20. The van der Waals surface area contributed by atoms with E-state index >= 15 is 0 Å². The van der Waals surface area contributed by atoms with Gasteiger partial charge in [0, 0.05) is 19.0 Å². The van der Waals surface area contributed by atoms with Crippen LogP contribution in [0.2, 0.25) is 0 Å². The van der Waals surface area contributed by atoms with Crippen molar-refractivity contribution in [2.45, 2.75) is 44.8 Å². The van der Waals surface area contributed by atoms with Crippen molar-refractivity contribution in [2.75, 3.05) is 0 Å². The summed E-state index contributed by atoms with van der Waals surface area (Å²) in [6.45, 7) is 1.19. The zero-order valence-electron chi connectivity index (χ0n) is 14.0. The molecule has 8 heteroatoms. The van der Waals surface area contributed by atoms with Gasteiger partial charge in [-0.3, -0.25) is 4.79 Å². The number of nitrogens with two attached hydrogens (primary N) is 1. The molecule has 0 spiro atoms. The number of nitrogens with zero attached hydrogens (tertiary/aromatic N) is 3. The Morgan fingerprint density at radius 1 is 1.24 bits per heavy atom. The van der Waals surface area contributed by atoms with Crippen molar-refractivity contribution in [1.82, 2.24) is 20.1 Å². The fourth-order valence-electron chi connectivity index (χ4n) is 3.20. The lowest BCUT2D eigenvalue weighted by Gasteiger charge is -2.15. The van der Waals surface area contributed by atoms with Crippen molar-refractivity contribution < 1.29 is 4.79 Å². The first-order chi connectivity index (χ1) is 11.2. The molecule has 0 bridgehead atoms. The van der Waals surface area contributed by atoms with Gasteiger partial charge in [-0.05, 0) is 29.9 Å². The number of hydrogen-bond donors (Lipinski definition) is 2. The molecule has 3 rings (SSSR count). The van der Waals surface area contributed by atoms with Gasteiger partial charge in [-0.2, -0.15) is 5.10 Å². The highest BCUT2D eigenvalue weighted by Gasteiger charge is 2.25. The minimum atomic E-state index is 0. The van der Waals surface area contributed by atoms with Crippen LogP contribution in [0.4, 0.5) is 0 Å². The molecule has 138 valence electrons. The third-order valence-corrected chi connectivity index (χ3v) is 4.56. The molecule has 1 aromatic heterocycles. The maximum absolute atomic E-state index is 12.2. The van der Waals surface area contributed by atoms with Crippen LogP contribution in [-0.2, 0) is 17.9 Å². The molecule has 1 saturated carbocycles. The van der Waals surface area contributed by atoms with Crippen molar-refractivity contribution in [1.29, 1.82) is 0 Å². The first-order valence-corrected chi connectivity index (χ1v) is 8.14. The molecule has 1 aliphatic rings. The van der Waals surface area contributed by atoms with Crippen LogP contribution in [-0.4, -0.2) is 26.7 Å². The zero-order chi connectivity index (χ0) is 16.1. The van der Waals surface area contributed by atoms with E-state index in [1.165, 1.54) is 6.33 Å². The van der Waals surface area contributed by atoms with Crippen molar-refractivity contribution in [3.8, 4) is 0 Å². The molecule has 3 N–H and O–H groups in total. The topological polar surface area (TPSA) is 85.8 Å². The number of rotatable bonds is 6. The molecule has 0 saturated heterocycles. The minimum Gasteiger partial charge on any atom is -0.352 e. The molecule has 0 unspecified atom stereocenters. The van der Waals surface area contributed by atoms with Crippen LogP contribution in [0.15, 0.2) is 36.9 Å². The molecule has 6 nitrogen and oxygen atoms in total. The van der Waals surface area contributed by atoms with Crippen molar-refractivity contribution in [2.24, 2.45) is 11.7 Å². The molecule has 1 aliphatic carbocycles. The van der Waals surface area contributed by atoms with E-state index < -0.39 is 0 Å². The van der Waals surface area contributed by atoms with E-state index in [0.29, 0.717) is 25.4 Å². The van der Waals surface area contributed by atoms with E-state index in [1.54, 1.807) is 11.0 Å². The quantitative estimate of drug-likeness (QED) is 0.798. The number of carbonyl (C=O) groups is 1. The van der Waals surface area contributed by atoms with Gasteiger partial charge in [0.05, 0.1) is 6.54 Å². The predicted molar refractivity (Wildman–Crippen MR) is 102 cm³/mol. The van der Waals surface area contributed by atoms with Gasteiger partial charge in [0.25, 0.3) is 0 Å². The van der Waals surface area contributed by atoms with E-state index in [-0.39, 0.29) is 36.8 Å². The van der Waals surface area contributed by atoms with E-state index in [1.807, 2.05) is 18.2 Å². The first kappa shape index (κ1) is 21.4. The van der Waals surface area contributed by atoms with Gasteiger partial charge in [0.15, 0.2) is 0 Å². The number of carbonyl (C=O) groups excluding carboxylic acids is 1. The molecule has 1 aromatic carbocycles. The standard InChI is InChI=1S/C17H23N5O.2ClH/c18-16-7-3-6-13(16)8-17(23)20-9-14-4-1-2-5-15(14)10-22-12-19-11-21-22;;/h1-2,4-5,11-13,16H,3,6-10,18H2,(H,20,23);2*1H/t13-,16+;;/m0../s1. The summed E-state index contributed by atoms with van der Waals surface area (Å²) < 4.78 is 1.78. The van der Waals surface area contributed by atoms with Crippen LogP contribution >= 0.6 is 24.8 Å². The molecule has 1 amide bonds. The van der Waals surface area contributed by atoms with Crippen LogP contribution < -0.4 is 11.1 Å². The highest BCUT2D eigenvalue weighted by molar-refractivity contribution is 5.85. The van der Waals surface area contributed by atoms with E-state index in [0.717, 1.165) is 30.4 Å². The van der Waals surface area contributed by atoms with Crippen molar-refractivity contribution in [3.63, 3.8) is 0 Å². The van der Waals surface area contributed by atoms with Gasteiger partial charge in [-0.25, -0.2) is 9.67 Å². The highest BCUT2D eigenvalue weighted by atomic mass is 35.5. The van der Waals surface area contributed by atoms with Gasteiger partial charge in [-0.15, -0.1) is 24.8 Å². The highest BCUT2D eigenvalue weighted by Crippen LogP contribution is 2.26. The molecule has 25 heavy (non-hydrogen) atoms. The average Bonchev–Trinajstić information content (AvgIpc) is 3.19. The predicted octanol–water partition coefficient (Wildman–Crippen LogP) is 2.30. The van der Waals surface area contributed by atoms with Gasteiger partial charge >= 0.3 is 0 Å². The van der Waals surface area contributed by atoms with E-state index in [9.17, 15) is 4.79 Å². The summed E-state index contributed by atoms with van der Waals surface area (Å²) in [6, 6.07) is 8.25. The number of halogens is 2. The Morgan fingerprint density at radius 3 is 2.64 bits per heavy atom. The largest absolute Gasteiger partial charge is 0.352 e. The molecular weight excluding hydrogens is 361 g/mol. The van der Waals surface area contributed by atoms with Crippen molar-refractivity contribution >= 4 is 30.7 Å². The average molecular weight is 386 g/mol. The number of benzene rings is 1. The van der Waals surface area contributed by atoms with Gasteiger partial charge in [-0.1, -0.05) is 30.7 Å². The maximum Gasteiger partial charge on any atom is 0.220 e. The summed E-state index contributed by atoms with van der Waals surface area (Å²) in [4.78, 5) is 16.1. The summed E-state index contributed by atoms with van der Waals surface area (Å²) in [5.41, 5.74) is 8.28. The van der Waals surface area contributed by atoms with Crippen LogP contribution in [0.5, 0.6) is 0 Å². The molecule has 1 fully saturated rings. The second kappa shape index (κ2) is 10.4.